The van der Waals surface area contributed by atoms with Crippen molar-refractivity contribution in [3.8, 4) is 5.75 Å². The zero-order valence-electron chi connectivity index (χ0n) is 10.6. The highest BCUT2D eigenvalue weighted by Gasteiger charge is 2.10. The third-order valence-corrected chi connectivity index (χ3v) is 3.57. The van der Waals surface area contributed by atoms with E-state index in [1.54, 1.807) is 18.2 Å². The van der Waals surface area contributed by atoms with E-state index in [2.05, 4.69) is 15.9 Å². The van der Waals surface area contributed by atoms with Gasteiger partial charge in [0.2, 0.25) is 0 Å². The van der Waals surface area contributed by atoms with Crippen LogP contribution in [0.15, 0.2) is 40.9 Å². The molecule has 2 rings (SSSR count). The Hall–Kier alpha value is -1.39. The van der Waals surface area contributed by atoms with Gasteiger partial charge in [0.05, 0.1) is 5.56 Å². The minimum atomic E-state index is -0.379. The van der Waals surface area contributed by atoms with Gasteiger partial charge in [-0.25, -0.2) is 4.39 Å². The Labute approximate surface area is 129 Å². The molecule has 0 unspecified atom stereocenters. The van der Waals surface area contributed by atoms with Gasteiger partial charge in [0.1, 0.15) is 18.2 Å². The van der Waals surface area contributed by atoms with E-state index in [1.165, 1.54) is 25.1 Å². The largest absolute Gasteiger partial charge is 0.488 e. The van der Waals surface area contributed by atoms with Crippen molar-refractivity contribution < 1.29 is 13.9 Å². The first-order chi connectivity index (χ1) is 9.47. The first-order valence-corrected chi connectivity index (χ1v) is 7.01. The topological polar surface area (TPSA) is 26.3 Å². The van der Waals surface area contributed by atoms with Gasteiger partial charge in [-0.2, -0.15) is 0 Å². The van der Waals surface area contributed by atoms with Crippen LogP contribution >= 0.6 is 27.5 Å². The molecule has 5 heteroatoms. The maximum absolute atomic E-state index is 13.2. The van der Waals surface area contributed by atoms with Gasteiger partial charge in [0.15, 0.2) is 5.78 Å². The quantitative estimate of drug-likeness (QED) is 0.718. The van der Waals surface area contributed by atoms with E-state index < -0.39 is 0 Å². The molecule has 0 heterocycles. The predicted molar refractivity (Wildman–Crippen MR) is 79.9 cm³/mol. The molecule has 0 saturated carbocycles. The number of ketones is 1. The fourth-order valence-electron chi connectivity index (χ4n) is 1.71. The highest BCUT2D eigenvalue weighted by atomic mass is 79.9. The number of halogens is 3. The number of Topliss-reactive ketones (excluding diaryl/α,β-unsaturated/α-hetero) is 1. The van der Waals surface area contributed by atoms with Crippen molar-refractivity contribution in [3.05, 3.63) is 62.8 Å². The molecule has 0 fully saturated rings. The second-order valence-corrected chi connectivity index (χ2v) is 5.54. The van der Waals surface area contributed by atoms with Crippen molar-refractivity contribution in [1.29, 1.82) is 0 Å². The van der Waals surface area contributed by atoms with Crippen molar-refractivity contribution >= 4 is 33.3 Å². The first kappa shape index (κ1) is 15.0. The zero-order valence-corrected chi connectivity index (χ0v) is 13.0. The van der Waals surface area contributed by atoms with Crippen LogP contribution in [0, 0.1) is 5.82 Å². The fraction of sp³-hybridized carbons (Fsp3) is 0.133. The summed E-state index contributed by atoms with van der Waals surface area (Å²) >= 11 is 9.27. The summed E-state index contributed by atoms with van der Waals surface area (Å²) in [6, 6.07) is 9.22. The Morgan fingerprint density at radius 3 is 2.75 bits per heavy atom. The molecule has 2 aromatic carbocycles. The van der Waals surface area contributed by atoms with Crippen LogP contribution in [-0.4, -0.2) is 5.78 Å². The zero-order chi connectivity index (χ0) is 14.7. The fourth-order valence-corrected chi connectivity index (χ4v) is 2.25. The summed E-state index contributed by atoms with van der Waals surface area (Å²) in [6.07, 6.45) is 0. The Bertz CT molecular complexity index is 658. The average molecular weight is 358 g/mol. The molecule has 0 radical (unpaired) electrons. The SMILES string of the molecule is CC(=O)c1cc(Br)ccc1OCc1cc(F)ccc1Cl. The van der Waals surface area contributed by atoms with E-state index in [9.17, 15) is 9.18 Å². The highest BCUT2D eigenvalue weighted by molar-refractivity contribution is 9.10. The Balaban J connectivity index is 2.23. The minimum absolute atomic E-state index is 0.0957. The molecule has 0 aliphatic rings. The summed E-state index contributed by atoms with van der Waals surface area (Å²) in [5, 5.41) is 0.424. The van der Waals surface area contributed by atoms with E-state index in [-0.39, 0.29) is 18.2 Å². The molecule has 0 amide bonds. The third-order valence-electron chi connectivity index (χ3n) is 2.71. The lowest BCUT2D eigenvalue weighted by Crippen LogP contribution is -2.02. The van der Waals surface area contributed by atoms with Crippen LogP contribution in [0.1, 0.15) is 22.8 Å². The molecular weight excluding hydrogens is 347 g/mol. The van der Waals surface area contributed by atoms with Crippen molar-refractivity contribution in [2.24, 2.45) is 0 Å². The molecule has 2 nitrogen and oxygen atoms in total. The Kier molecular flexibility index (Phi) is 4.78. The van der Waals surface area contributed by atoms with Crippen molar-refractivity contribution in [3.63, 3.8) is 0 Å². The normalized spacial score (nSPS) is 10.4. The Morgan fingerprint density at radius 2 is 2.05 bits per heavy atom. The van der Waals surface area contributed by atoms with Gasteiger partial charge in [0, 0.05) is 15.1 Å². The van der Waals surface area contributed by atoms with Crippen LogP contribution in [0.2, 0.25) is 5.02 Å². The van der Waals surface area contributed by atoms with Crippen LogP contribution < -0.4 is 4.74 Å². The maximum Gasteiger partial charge on any atom is 0.163 e. The van der Waals surface area contributed by atoms with Crippen LogP contribution in [0.4, 0.5) is 4.39 Å². The molecular formula is C15H11BrClFO2. The summed E-state index contributed by atoms with van der Waals surface area (Å²) in [5.74, 6) is -0.0386. The number of carbonyl (C=O) groups is 1. The minimum Gasteiger partial charge on any atom is -0.488 e. The molecule has 20 heavy (non-hydrogen) atoms. The molecule has 0 aromatic heterocycles. The second-order valence-electron chi connectivity index (χ2n) is 4.22. The van der Waals surface area contributed by atoms with E-state index in [1.807, 2.05) is 0 Å². The Morgan fingerprint density at radius 1 is 1.30 bits per heavy atom. The summed E-state index contributed by atoms with van der Waals surface area (Å²) in [7, 11) is 0. The number of benzene rings is 2. The van der Waals surface area contributed by atoms with E-state index >= 15 is 0 Å². The number of ether oxygens (including phenoxy) is 1. The number of hydrogen-bond donors (Lipinski definition) is 0. The number of rotatable bonds is 4. The molecule has 0 spiro atoms. The average Bonchev–Trinajstić information content (AvgIpc) is 2.40. The molecule has 0 aliphatic carbocycles. The summed E-state index contributed by atoms with van der Waals surface area (Å²) in [6.45, 7) is 1.56. The molecule has 0 aliphatic heterocycles. The van der Waals surface area contributed by atoms with Crippen LogP contribution in [0.5, 0.6) is 5.75 Å². The lowest BCUT2D eigenvalue weighted by molar-refractivity contribution is 0.101. The van der Waals surface area contributed by atoms with Crippen molar-refractivity contribution in [2.45, 2.75) is 13.5 Å². The van der Waals surface area contributed by atoms with Crippen LogP contribution in [0.3, 0.4) is 0 Å². The summed E-state index contributed by atoms with van der Waals surface area (Å²) in [4.78, 5) is 11.6. The van der Waals surface area contributed by atoms with Crippen LogP contribution in [-0.2, 0) is 6.61 Å². The van der Waals surface area contributed by atoms with Gasteiger partial charge in [0.25, 0.3) is 0 Å². The smallest absolute Gasteiger partial charge is 0.163 e. The summed E-state index contributed by atoms with van der Waals surface area (Å²) < 4.78 is 19.5. The highest BCUT2D eigenvalue weighted by Crippen LogP contribution is 2.26. The lowest BCUT2D eigenvalue weighted by atomic mass is 10.1. The van der Waals surface area contributed by atoms with Gasteiger partial charge in [-0.05, 0) is 43.3 Å². The number of carbonyl (C=O) groups excluding carboxylic acids is 1. The third kappa shape index (κ3) is 3.58. The molecule has 0 saturated heterocycles. The molecule has 104 valence electrons. The monoisotopic (exact) mass is 356 g/mol. The van der Waals surface area contributed by atoms with E-state index in [4.69, 9.17) is 16.3 Å². The van der Waals surface area contributed by atoms with Crippen LogP contribution in [0.25, 0.3) is 0 Å². The number of hydrogen-bond acceptors (Lipinski definition) is 2. The first-order valence-electron chi connectivity index (χ1n) is 5.84. The van der Waals surface area contributed by atoms with Gasteiger partial charge < -0.3 is 4.74 Å². The standard InChI is InChI=1S/C15H11BrClFO2/c1-9(19)13-7-11(16)2-5-15(13)20-8-10-6-12(18)3-4-14(10)17/h2-7H,8H2,1H3. The maximum atomic E-state index is 13.2. The van der Waals surface area contributed by atoms with Gasteiger partial charge in [-0.1, -0.05) is 27.5 Å². The van der Waals surface area contributed by atoms with Gasteiger partial charge in [-0.3, -0.25) is 4.79 Å². The van der Waals surface area contributed by atoms with Gasteiger partial charge >= 0.3 is 0 Å². The van der Waals surface area contributed by atoms with E-state index in [0.717, 1.165) is 4.47 Å². The molecule has 0 N–H and O–H groups in total. The second kappa shape index (κ2) is 6.37. The summed E-state index contributed by atoms with van der Waals surface area (Å²) in [5.41, 5.74) is 0.996. The molecule has 2 aromatic rings. The lowest BCUT2D eigenvalue weighted by Gasteiger charge is -2.11. The predicted octanol–water partition coefficient (Wildman–Crippen LogP) is 5.02. The molecule has 0 atom stereocenters. The molecule has 0 bridgehead atoms. The van der Waals surface area contributed by atoms with Crippen molar-refractivity contribution in [2.75, 3.05) is 0 Å². The van der Waals surface area contributed by atoms with Gasteiger partial charge in [-0.15, -0.1) is 0 Å². The van der Waals surface area contributed by atoms with E-state index in [0.29, 0.717) is 21.9 Å². The van der Waals surface area contributed by atoms with Crippen molar-refractivity contribution in [1.82, 2.24) is 0 Å².